The Hall–Kier alpha value is -1.65. The number of amides is 1. The summed E-state index contributed by atoms with van der Waals surface area (Å²) in [6.45, 7) is 0.379. The normalized spacial score (nSPS) is 11.8. The summed E-state index contributed by atoms with van der Waals surface area (Å²) >= 11 is 6.11. The summed E-state index contributed by atoms with van der Waals surface area (Å²) in [6.07, 6.45) is 0. The first-order valence-electron chi connectivity index (χ1n) is 5.10. The standard InChI is InChI=1S/C12H9ClN2O2.ClH/c13-10-5-4-7-6-17-11-8(12(14)16)2-1-3-9(11)15(7)10;/h1-5H,6H2,(H2,14,16);1H. The lowest BCUT2D eigenvalue weighted by molar-refractivity contribution is 0.0995. The lowest BCUT2D eigenvalue weighted by Gasteiger charge is -2.22. The van der Waals surface area contributed by atoms with Crippen molar-refractivity contribution in [3.8, 4) is 11.4 Å². The van der Waals surface area contributed by atoms with E-state index in [2.05, 4.69) is 0 Å². The van der Waals surface area contributed by atoms with E-state index in [1.54, 1.807) is 18.2 Å². The van der Waals surface area contributed by atoms with E-state index in [1.165, 1.54) is 0 Å². The fraction of sp³-hybridized carbons (Fsp3) is 0.0833. The number of primary amides is 1. The molecule has 1 amide bonds. The molecule has 94 valence electrons. The molecule has 2 heterocycles. The van der Waals surface area contributed by atoms with Gasteiger partial charge in [-0.2, -0.15) is 0 Å². The summed E-state index contributed by atoms with van der Waals surface area (Å²) in [7, 11) is 0. The van der Waals surface area contributed by atoms with Gasteiger partial charge in [-0.15, -0.1) is 12.4 Å². The molecule has 2 N–H and O–H groups in total. The Morgan fingerprint density at radius 2 is 2.11 bits per heavy atom. The molecule has 6 heteroatoms. The zero-order valence-corrected chi connectivity index (χ0v) is 10.8. The molecule has 0 fully saturated rings. The third-order valence-electron chi connectivity index (χ3n) is 2.78. The van der Waals surface area contributed by atoms with E-state index in [0.717, 1.165) is 11.4 Å². The van der Waals surface area contributed by atoms with Crippen LogP contribution in [-0.2, 0) is 6.61 Å². The van der Waals surface area contributed by atoms with E-state index in [4.69, 9.17) is 22.1 Å². The zero-order chi connectivity index (χ0) is 12.0. The highest BCUT2D eigenvalue weighted by molar-refractivity contribution is 6.30. The number of rotatable bonds is 1. The Labute approximate surface area is 115 Å². The van der Waals surface area contributed by atoms with Gasteiger partial charge in [-0.3, -0.25) is 9.36 Å². The Morgan fingerprint density at radius 1 is 1.33 bits per heavy atom. The van der Waals surface area contributed by atoms with Crippen LogP contribution in [0.25, 0.3) is 5.69 Å². The maximum Gasteiger partial charge on any atom is 0.252 e. The van der Waals surface area contributed by atoms with Gasteiger partial charge in [-0.1, -0.05) is 17.7 Å². The number of benzene rings is 1. The third kappa shape index (κ3) is 1.74. The quantitative estimate of drug-likeness (QED) is 0.875. The van der Waals surface area contributed by atoms with E-state index < -0.39 is 5.91 Å². The average molecular weight is 285 g/mol. The van der Waals surface area contributed by atoms with Gasteiger partial charge in [-0.25, -0.2) is 0 Å². The minimum atomic E-state index is -0.506. The summed E-state index contributed by atoms with van der Waals surface area (Å²) in [5.41, 5.74) is 7.38. The van der Waals surface area contributed by atoms with Crippen molar-refractivity contribution < 1.29 is 9.53 Å². The second-order valence-corrected chi connectivity index (χ2v) is 4.18. The van der Waals surface area contributed by atoms with Crippen LogP contribution >= 0.6 is 24.0 Å². The Kier molecular flexibility index (Phi) is 3.24. The highest BCUT2D eigenvalue weighted by Crippen LogP contribution is 2.35. The van der Waals surface area contributed by atoms with Gasteiger partial charge >= 0.3 is 0 Å². The minimum Gasteiger partial charge on any atom is -0.484 e. The number of hydrogen-bond acceptors (Lipinski definition) is 2. The van der Waals surface area contributed by atoms with Gasteiger partial charge < -0.3 is 10.5 Å². The van der Waals surface area contributed by atoms with E-state index in [1.807, 2.05) is 16.7 Å². The smallest absolute Gasteiger partial charge is 0.252 e. The maximum atomic E-state index is 11.3. The monoisotopic (exact) mass is 284 g/mol. The molecule has 4 nitrogen and oxygen atoms in total. The Morgan fingerprint density at radius 3 is 2.83 bits per heavy atom. The van der Waals surface area contributed by atoms with Crippen LogP contribution in [0.15, 0.2) is 30.3 Å². The molecule has 18 heavy (non-hydrogen) atoms. The highest BCUT2D eigenvalue weighted by Gasteiger charge is 2.23. The molecule has 0 unspecified atom stereocenters. The topological polar surface area (TPSA) is 57.3 Å². The molecule has 0 radical (unpaired) electrons. The number of para-hydroxylation sites is 1. The number of nitrogens with zero attached hydrogens (tertiary/aromatic N) is 1. The van der Waals surface area contributed by atoms with Crippen molar-refractivity contribution in [3.05, 3.63) is 46.7 Å². The number of fused-ring (bicyclic) bond motifs is 3. The second kappa shape index (κ2) is 4.55. The first kappa shape index (κ1) is 12.8. The molecule has 0 atom stereocenters. The Bertz CT molecular complexity index is 623. The summed E-state index contributed by atoms with van der Waals surface area (Å²) in [5.74, 6) is -0.0146. The van der Waals surface area contributed by atoms with Crippen LogP contribution < -0.4 is 10.5 Å². The summed E-state index contributed by atoms with van der Waals surface area (Å²) < 4.78 is 7.43. The maximum absolute atomic E-state index is 11.3. The molecule has 1 aliphatic heterocycles. The van der Waals surface area contributed by atoms with Crippen molar-refractivity contribution in [2.24, 2.45) is 5.73 Å². The van der Waals surface area contributed by atoms with Gasteiger partial charge in [0.1, 0.15) is 11.8 Å². The SMILES string of the molecule is Cl.NC(=O)c1cccc2c1OCc1ccc(Cl)n1-2. The molecular formula is C12H10Cl2N2O2. The number of ether oxygens (including phenoxy) is 1. The molecule has 1 aliphatic rings. The van der Waals surface area contributed by atoms with Crippen molar-refractivity contribution in [1.82, 2.24) is 4.57 Å². The Balaban J connectivity index is 0.00000120. The summed E-state index contributed by atoms with van der Waals surface area (Å²) in [6, 6.07) is 8.93. The number of carbonyl (C=O) groups is 1. The van der Waals surface area contributed by atoms with E-state index in [9.17, 15) is 4.79 Å². The van der Waals surface area contributed by atoms with Crippen LogP contribution in [0.5, 0.6) is 5.75 Å². The van der Waals surface area contributed by atoms with Crippen LogP contribution in [0.1, 0.15) is 16.1 Å². The number of hydrogen-bond donors (Lipinski definition) is 1. The molecule has 0 saturated heterocycles. The predicted molar refractivity (Wildman–Crippen MR) is 70.9 cm³/mol. The molecule has 1 aromatic heterocycles. The molecule has 0 spiro atoms. The molecule has 3 rings (SSSR count). The van der Waals surface area contributed by atoms with E-state index in [-0.39, 0.29) is 12.4 Å². The van der Waals surface area contributed by atoms with Crippen molar-refractivity contribution in [2.45, 2.75) is 6.61 Å². The van der Waals surface area contributed by atoms with Crippen molar-refractivity contribution in [2.75, 3.05) is 0 Å². The number of halogens is 2. The second-order valence-electron chi connectivity index (χ2n) is 3.79. The molecule has 1 aromatic carbocycles. The van der Waals surface area contributed by atoms with Gasteiger partial charge in [0, 0.05) is 0 Å². The summed E-state index contributed by atoms with van der Waals surface area (Å²) in [5, 5.41) is 0.589. The van der Waals surface area contributed by atoms with Gasteiger partial charge in [0.2, 0.25) is 0 Å². The van der Waals surface area contributed by atoms with Gasteiger partial charge in [0.15, 0.2) is 5.75 Å². The summed E-state index contributed by atoms with van der Waals surface area (Å²) in [4.78, 5) is 11.3. The van der Waals surface area contributed by atoms with Crippen molar-refractivity contribution in [1.29, 1.82) is 0 Å². The number of aromatic nitrogens is 1. The van der Waals surface area contributed by atoms with Crippen LogP contribution in [0.3, 0.4) is 0 Å². The lowest BCUT2D eigenvalue weighted by atomic mass is 10.1. The first-order chi connectivity index (χ1) is 8.18. The van der Waals surface area contributed by atoms with E-state index in [0.29, 0.717) is 23.1 Å². The minimum absolute atomic E-state index is 0. The molecule has 0 saturated carbocycles. The highest BCUT2D eigenvalue weighted by atomic mass is 35.5. The van der Waals surface area contributed by atoms with Crippen molar-refractivity contribution in [3.63, 3.8) is 0 Å². The lowest BCUT2D eigenvalue weighted by Crippen LogP contribution is -2.18. The molecule has 0 bridgehead atoms. The zero-order valence-electron chi connectivity index (χ0n) is 9.22. The van der Waals surface area contributed by atoms with Crippen LogP contribution in [-0.4, -0.2) is 10.5 Å². The van der Waals surface area contributed by atoms with Gasteiger partial charge in [0.05, 0.1) is 16.9 Å². The van der Waals surface area contributed by atoms with Crippen LogP contribution in [0.2, 0.25) is 5.15 Å². The molecule has 0 aliphatic carbocycles. The van der Waals surface area contributed by atoms with Crippen LogP contribution in [0, 0.1) is 0 Å². The van der Waals surface area contributed by atoms with Crippen molar-refractivity contribution >= 4 is 29.9 Å². The number of carbonyl (C=O) groups excluding carboxylic acids is 1. The molecule has 2 aromatic rings. The largest absolute Gasteiger partial charge is 0.484 e. The number of nitrogens with two attached hydrogens (primary N) is 1. The predicted octanol–water partition coefficient (Wildman–Crippen LogP) is 2.54. The molecular weight excluding hydrogens is 275 g/mol. The third-order valence-corrected chi connectivity index (χ3v) is 3.07. The average Bonchev–Trinajstić information content (AvgIpc) is 2.70. The van der Waals surface area contributed by atoms with E-state index >= 15 is 0 Å². The first-order valence-corrected chi connectivity index (χ1v) is 5.48. The van der Waals surface area contributed by atoms with Gasteiger partial charge in [-0.05, 0) is 24.3 Å². The fourth-order valence-corrected chi connectivity index (χ4v) is 2.29. The fourth-order valence-electron chi connectivity index (χ4n) is 2.03. The van der Waals surface area contributed by atoms with Gasteiger partial charge in [0.25, 0.3) is 5.91 Å². The van der Waals surface area contributed by atoms with Crippen LogP contribution in [0.4, 0.5) is 0 Å².